The lowest BCUT2D eigenvalue weighted by molar-refractivity contribution is 0.370. The van der Waals surface area contributed by atoms with Crippen molar-refractivity contribution in [1.82, 2.24) is 20.0 Å². The fraction of sp³-hybridized carbons (Fsp3) is 0.474. The number of ether oxygens (including phenoxy) is 1. The summed E-state index contributed by atoms with van der Waals surface area (Å²) in [5.74, 6) is 1.79. The second-order valence-corrected chi connectivity index (χ2v) is 7.19. The van der Waals surface area contributed by atoms with Gasteiger partial charge in [-0.2, -0.15) is 5.10 Å². The number of likely N-dealkylation sites (tertiary alicyclic amines) is 1. The molecule has 1 N–H and O–H groups in total. The van der Waals surface area contributed by atoms with Gasteiger partial charge in [-0.25, -0.2) is 4.68 Å². The minimum Gasteiger partial charge on any atom is -0.497 e. The number of aliphatic imine (C=N–C) groups is 1. The molecule has 1 aliphatic rings. The molecule has 2 aromatic rings. The van der Waals surface area contributed by atoms with Crippen molar-refractivity contribution in [2.45, 2.75) is 26.8 Å². The van der Waals surface area contributed by atoms with Crippen molar-refractivity contribution in [3.05, 3.63) is 42.2 Å². The number of benzene rings is 1. The summed E-state index contributed by atoms with van der Waals surface area (Å²) in [4.78, 5) is 6.74. The topological polar surface area (TPSA) is 54.7 Å². The zero-order valence-corrected chi connectivity index (χ0v) is 15.5. The lowest BCUT2D eigenvalue weighted by Gasteiger charge is -2.23. The van der Waals surface area contributed by atoms with Crippen molar-refractivity contribution in [2.24, 2.45) is 10.4 Å². The molecule has 0 spiro atoms. The summed E-state index contributed by atoms with van der Waals surface area (Å²) < 4.78 is 7.07. The summed E-state index contributed by atoms with van der Waals surface area (Å²) in [6, 6.07) is 9.89. The molecule has 0 unspecified atom stereocenters. The third kappa shape index (κ3) is 4.13. The van der Waals surface area contributed by atoms with Crippen LogP contribution in [0.4, 0.5) is 0 Å². The van der Waals surface area contributed by atoms with Crippen molar-refractivity contribution < 1.29 is 4.74 Å². The van der Waals surface area contributed by atoms with Crippen LogP contribution in [0.1, 0.15) is 26.0 Å². The quantitative estimate of drug-likeness (QED) is 0.686. The molecule has 0 bridgehead atoms. The van der Waals surface area contributed by atoms with Crippen LogP contribution in [0.2, 0.25) is 0 Å². The van der Waals surface area contributed by atoms with Gasteiger partial charge in [-0.1, -0.05) is 13.8 Å². The van der Waals surface area contributed by atoms with E-state index in [4.69, 9.17) is 4.74 Å². The van der Waals surface area contributed by atoms with Crippen molar-refractivity contribution in [3.8, 4) is 11.4 Å². The molecule has 0 saturated carbocycles. The smallest absolute Gasteiger partial charge is 0.193 e. The third-order valence-electron chi connectivity index (χ3n) is 4.60. The molecule has 25 heavy (non-hydrogen) atoms. The van der Waals surface area contributed by atoms with Crippen LogP contribution in [0.5, 0.6) is 5.75 Å². The Labute approximate surface area is 149 Å². The van der Waals surface area contributed by atoms with E-state index in [2.05, 4.69) is 34.2 Å². The molecule has 6 nitrogen and oxygen atoms in total. The van der Waals surface area contributed by atoms with E-state index in [0.29, 0.717) is 12.0 Å². The monoisotopic (exact) mass is 341 g/mol. The summed E-state index contributed by atoms with van der Waals surface area (Å²) in [6.07, 6.45) is 3.17. The molecule has 0 radical (unpaired) electrons. The molecule has 6 heteroatoms. The lowest BCUT2D eigenvalue weighted by atomic mass is 9.93. The molecule has 0 aliphatic carbocycles. The van der Waals surface area contributed by atoms with E-state index in [1.807, 2.05) is 48.3 Å². The van der Waals surface area contributed by atoms with Gasteiger partial charge in [0.05, 0.1) is 25.0 Å². The SMILES string of the molecule is CN=C(NCc1ccn(-c2ccc(OC)cc2)n1)N1CCC(C)(C)C1. The summed E-state index contributed by atoms with van der Waals surface area (Å²) in [5, 5.41) is 8.07. The number of aromatic nitrogens is 2. The summed E-state index contributed by atoms with van der Waals surface area (Å²) in [7, 11) is 3.50. The molecule has 1 aromatic heterocycles. The number of methoxy groups -OCH3 is 1. The number of nitrogens with zero attached hydrogens (tertiary/aromatic N) is 4. The Hall–Kier alpha value is -2.50. The van der Waals surface area contributed by atoms with Crippen LogP contribution in [0, 0.1) is 5.41 Å². The van der Waals surface area contributed by atoms with Gasteiger partial charge in [-0.3, -0.25) is 4.99 Å². The number of hydrogen-bond donors (Lipinski definition) is 1. The predicted octanol–water partition coefficient (Wildman–Crippen LogP) is 2.69. The van der Waals surface area contributed by atoms with Crippen molar-refractivity contribution in [3.63, 3.8) is 0 Å². The first kappa shape index (κ1) is 17.3. The molecule has 3 rings (SSSR count). The van der Waals surface area contributed by atoms with Gasteiger partial charge in [0, 0.05) is 26.3 Å². The first-order valence-corrected chi connectivity index (χ1v) is 8.65. The van der Waals surface area contributed by atoms with Crippen molar-refractivity contribution in [2.75, 3.05) is 27.2 Å². The van der Waals surface area contributed by atoms with Gasteiger partial charge < -0.3 is 15.0 Å². The zero-order valence-electron chi connectivity index (χ0n) is 15.5. The highest BCUT2D eigenvalue weighted by molar-refractivity contribution is 5.80. The molecule has 0 atom stereocenters. The van der Waals surface area contributed by atoms with Crippen LogP contribution in [0.15, 0.2) is 41.5 Å². The molecular weight excluding hydrogens is 314 g/mol. The Balaban J connectivity index is 1.61. The number of nitrogens with one attached hydrogen (secondary N) is 1. The lowest BCUT2D eigenvalue weighted by Crippen LogP contribution is -2.40. The third-order valence-corrected chi connectivity index (χ3v) is 4.60. The minimum atomic E-state index is 0.355. The van der Waals surface area contributed by atoms with Crippen LogP contribution in [-0.4, -0.2) is 47.9 Å². The van der Waals surface area contributed by atoms with Crippen LogP contribution < -0.4 is 10.1 Å². The maximum atomic E-state index is 5.19. The van der Waals surface area contributed by atoms with Gasteiger partial charge in [0.25, 0.3) is 0 Å². The number of guanidine groups is 1. The van der Waals surface area contributed by atoms with Crippen molar-refractivity contribution in [1.29, 1.82) is 0 Å². The number of hydrogen-bond acceptors (Lipinski definition) is 3. The van der Waals surface area contributed by atoms with Crippen LogP contribution in [0.25, 0.3) is 5.69 Å². The zero-order chi connectivity index (χ0) is 17.9. The van der Waals surface area contributed by atoms with E-state index in [9.17, 15) is 0 Å². The van der Waals surface area contributed by atoms with Gasteiger partial charge in [0.1, 0.15) is 5.75 Å². The van der Waals surface area contributed by atoms with E-state index < -0.39 is 0 Å². The summed E-state index contributed by atoms with van der Waals surface area (Å²) >= 11 is 0. The van der Waals surface area contributed by atoms with E-state index in [-0.39, 0.29) is 0 Å². The fourth-order valence-corrected chi connectivity index (χ4v) is 3.13. The van der Waals surface area contributed by atoms with E-state index in [1.54, 1.807) is 7.11 Å². The Morgan fingerprint density at radius 1 is 1.28 bits per heavy atom. The molecular formula is C19H27N5O. The first-order chi connectivity index (χ1) is 12.0. The largest absolute Gasteiger partial charge is 0.497 e. The summed E-state index contributed by atoms with van der Waals surface area (Å²) in [5.41, 5.74) is 2.35. The van der Waals surface area contributed by atoms with Crippen LogP contribution in [-0.2, 0) is 6.54 Å². The van der Waals surface area contributed by atoms with Crippen LogP contribution >= 0.6 is 0 Å². The second-order valence-electron chi connectivity index (χ2n) is 7.19. The van der Waals surface area contributed by atoms with E-state index in [1.165, 1.54) is 6.42 Å². The average Bonchev–Trinajstić information content (AvgIpc) is 3.22. The minimum absolute atomic E-state index is 0.355. The summed E-state index contributed by atoms with van der Waals surface area (Å²) in [6.45, 7) is 7.35. The standard InChI is InChI=1S/C19H27N5O/c1-19(2)10-12-23(14-19)18(20-3)21-13-15-9-11-24(22-15)16-5-7-17(25-4)8-6-16/h5-9,11H,10,12-14H2,1-4H3,(H,20,21). The Kier molecular flexibility index (Phi) is 4.97. The van der Waals surface area contributed by atoms with Crippen LogP contribution in [0.3, 0.4) is 0 Å². The van der Waals surface area contributed by atoms with Gasteiger partial charge in [-0.15, -0.1) is 0 Å². The van der Waals surface area contributed by atoms with E-state index >= 15 is 0 Å². The number of rotatable bonds is 4. The normalized spacial score (nSPS) is 17.0. The fourth-order valence-electron chi connectivity index (χ4n) is 3.13. The second kappa shape index (κ2) is 7.17. The molecule has 134 valence electrons. The Morgan fingerprint density at radius 2 is 2.04 bits per heavy atom. The predicted molar refractivity (Wildman–Crippen MR) is 100 cm³/mol. The molecule has 1 fully saturated rings. The maximum absolute atomic E-state index is 5.19. The average molecular weight is 341 g/mol. The molecule has 0 amide bonds. The van der Waals surface area contributed by atoms with Gasteiger partial charge in [0.15, 0.2) is 5.96 Å². The molecule has 2 heterocycles. The maximum Gasteiger partial charge on any atom is 0.193 e. The first-order valence-electron chi connectivity index (χ1n) is 8.65. The van der Waals surface area contributed by atoms with Gasteiger partial charge in [-0.05, 0) is 42.2 Å². The molecule has 1 saturated heterocycles. The highest BCUT2D eigenvalue weighted by Crippen LogP contribution is 2.28. The van der Waals surface area contributed by atoms with Gasteiger partial charge >= 0.3 is 0 Å². The van der Waals surface area contributed by atoms with E-state index in [0.717, 1.165) is 36.2 Å². The molecule has 1 aliphatic heterocycles. The molecule has 1 aromatic carbocycles. The highest BCUT2D eigenvalue weighted by Gasteiger charge is 2.30. The highest BCUT2D eigenvalue weighted by atomic mass is 16.5. The Bertz CT molecular complexity index is 733. The van der Waals surface area contributed by atoms with Crippen molar-refractivity contribution >= 4 is 5.96 Å². The van der Waals surface area contributed by atoms with Gasteiger partial charge in [0.2, 0.25) is 0 Å². The Morgan fingerprint density at radius 3 is 2.64 bits per heavy atom.